The number of hydrogen-bond acceptors (Lipinski definition) is 2. The molecule has 1 aromatic rings. The lowest BCUT2D eigenvalue weighted by Gasteiger charge is -2.38. The predicted molar refractivity (Wildman–Crippen MR) is 68.6 cm³/mol. The summed E-state index contributed by atoms with van der Waals surface area (Å²) in [6, 6.07) is 10.6. The molecular formula is C15H21NO. The van der Waals surface area contributed by atoms with Gasteiger partial charge < -0.3 is 5.11 Å². The smallest absolute Gasteiger partial charge is 0.0700 e. The monoisotopic (exact) mass is 231 g/mol. The van der Waals surface area contributed by atoms with Crippen molar-refractivity contribution in [1.82, 2.24) is 4.90 Å². The summed E-state index contributed by atoms with van der Waals surface area (Å²) in [6.07, 6.45) is 4.42. The van der Waals surface area contributed by atoms with Crippen LogP contribution in [-0.2, 0) is 6.54 Å². The van der Waals surface area contributed by atoms with Crippen LogP contribution >= 0.6 is 0 Å². The summed E-state index contributed by atoms with van der Waals surface area (Å²) in [7, 11) is 0. The summed E-state index contributed by atoms with van der Waals surface area (Å²) < 4.78 is 0. The minimum Gasteiger partial charge on any atom is -0.390 e. The lowest BCUT2D eigenvalue weighted by molar-refractivity contribution is -0.0406. The van der Waals surface area contributed by atoms with E-state index in [-0.39, 0.29) is 5.60 Å². The fourth-order valence-corrected chi connectivity index (χ4v) is 2.97. The van der Waals surface area contributed by atoms with Crippen LogP contribution in [0.3, 0.4) is 0 Å². The molecule has 1 aromatic carbocycles. The molecule has 1 N–H and O–H groups in total. The van der Waals surface area contributed by atoms with Gasteiger partial charge in [-0.1, -0.05) is 30.3 Å². The second-order valence-electron chi connectivity index (χ2n) is 5.64. The molecule has 17 heavy (non-hydrogen) atoms. The van der Waals surface area contributed by atoms with E-state index in [0.29, 0.717) is 5.92 Å². The molecule has 0 unspecified atom stereocenters. The van der Waals surface area contributed by atoms with Crippen molar-refractivity contribution in [3.05, 3.63) is 35.9 Å². The van der Waals surface area contributed by atoms with Crippen LogP contribution in [-0.4, -0.2) is 28.7 Å². The Bertz CT molecular complexity index is 364. The highest BCUT2D eigenvalue weighted by molar-refractivity contribution is 5.14. The average molecular weight is 231 g/mol. The molecule has 2 heteroatoms. The van der Waals surface area contributed by atoms with E-state index in [4.69, 9.17) is 0 Å². The third-order valence-corrected chi connectivity index (χ3v) is 4.31. The minimum atomic E-state index is -0.326. The summed E-state index contributed by atoms with van der Waals surface area (Å²) in [6.45, 7) is 3.12. The Morgan fingerprint density at radius 3 is 2.35 bits per heavy atom. The highest BCUT2D eigenvalue weighted by Crippen LogP contribution is 2.45. The van der Waals surface area contributed by atoms with E-state index in [1.807, 2.05) is 0 Å². The quantitative estimate of drug-likeness (QED) is 0.863. The third-order valence-electron chi connectivity index (χ3n) is 4.31. The third kappa shape index (κ3) is 2.53. The minimum absolute atomic E-state index is 0.326. The number of likely N-dealkylation sites (tertiary alicyclic amines) is 1. The molecule has 0 bridgehead atoms. The van der Waals surface area contributed by atoms with Gasteiger partial charge >= 0.3 is 0 Å². The van der Waals surface area contributed by atoms with E-state index < -0.39 is 0 Å². The van der Waals surface area contributed by atoms with Gasteiger partial charge in [0.1, 0.15) is 0 Å². The van der Waals surface area contributed by atoms with Crippen molar-refractivity contribution in [3.63, 3.8) is 0 Å². The van der Waals surface area contributed by atoms with Gasteiger partial charge in [-0.3, -0.25) is 4.90 Å². The fourth-order valence-electron chi connectivity index (χ4n) is 2.97. The number of nitrogens with zero attached hydrogens (tertiary/aromatic N) is 1. The van der Waals surface area contributed by atoms with Crippen molar-refractivity contribution in [2.75, 3.05) is 13.1 Å². The largest absolute Gasteiger partial charge is 0.390 e. The first kappa shape index (κ1) is 11.2. The van der Waals surface area contributed by atoms with Crippen LogP contribution < -0.4 is 0 Å². The van der Waals surface area contributed by atoms with Crippen LogP contribution in [0.15, 0.2) is 30.3 Å². The summed E-state index contributed by atoms with van der Waals surface area (Å²) in [5.74, 6) is 0.612. The van der Waals surface area contributed by atoms with Crippen LogP contribution in [0.1, 0.15) is 31.2 Å². The van der Waals surface area contributed by atoms with Gasteiger partial charge in [-0.15, -0.1) is 0 Å². The van der Waals surface area contributed by atoms with Gasteiger partial charge in [0.2, 0.25) is 0 Å². The first-order chi connectivity index (χ1) is 8.26. The van der Waals surface area contributed by atoms with E-state index in [1.165, 1.54) is 18.4 Å². The molecule has 0 atom stereocenters. The maximum absolute atomic E-state index is 10.5. The van der Waals surface area contributed by atoms with Crippen LogP contribution in [0.25, 0.3) is 0 Å². The van der Waals surface area contributed by atoms with Gasteiger partial charge in [0.25, 0.3) is 0 Å². The van der Waals surface area contributed by atoms with E-state index in [2.05, 4.69) is 35.2 Å². The lowest BCUT2D eigenvalue weighted by atomic mass is 9.86. The van der Waals surface area contributed by atoms with Gasteiger partial charge in [-0.2, -0.15) is 0 Å². The molecule has 1 aliphatic carbocycles. The molecule has 1 heterocycles. The molecule has 0 radical (unpaired) electrons. The second kappa shape index (κ2) is 4.43. The standard InChI is InChI=1S/C15H21NO/c17-15(14-6-7-14)8-10-16(11-9-15)12-13-4-2-1-3-5-13/h1-5,14,17H,6-12H2. The highest BCUT2D eigenvalue weighted by Gasteiger charge is 2.45. The maximum atomic E-state index is 10.5. The molecule has 0 aromatic heterocycles. The summed E-state index contributed by atoms with van der Waals surface area (Å²) >= 11 is 0. The van der Waals surface area contributed by atoms with E-state index in [9.17, 15) is 5.11 Å². The molecule has 1 saturated heterocycles. The predicted octanol–water partition coefficient (Wildman–Crippen LogP) is 2.42. The number of benzene rings is 1. The molecule has 92 valence electrons. The molecule has 2 aliphatic rings. The van der Waals surface area contributed by atoms with Gasteiger partial charge in [0, 0.05) is 19.6 Å². The van der Waals surface area contributed by atoms with Crippen LogP contribution in [0, 0.1) is 5.92 Å². The topological polar surface area (TPSA) is 23.5 Å². The molecule has 0 amide bonds. The normalized spacial score (nSPS) is 24.8. The van der Waals surface area contributed by atoms with Crippen molar-refractivity contribution in [1.29, 1.82) is 0 Å². The SMILES string of the molecule is OC1(C2CC2)CCN(Cc2ccccc2)CC1. The molecular weight excluding hydrogens is 210 g/mol. The Morgan fingerprint density at radius 1 is 1.12 bits per heavy atom. The lowest BCUT2D eigenvalue weighted by Crippen LogP contribution is -2.45. The first-order valence-corrected chi connectivity index (χ1v) is 6.75. The Labute approximate surface area is 103 Å². The van der Waals surface area contributed by atoms with Crippen molar-refractivity contribution in [2.45, 2.75) is 37.8 Å². The zero-order chi connectivity index (χ0) is 11.7. The van der Waals surface area contributed by atoms with Crippen molar-refractivity contribution < 1.29 is 5.11 Å². The number of hydrogen-bond donors (Lipinski definition) is 1. The van der Waals surface area contributed by atoms with Gasteiger partial charge in [-0.25, -0.2) is 0 Å². The van der Waals surface area contributed by atoms with Crippen LogP contribution in [0.2, 0.25) is 0 Å². The fraction of sp³-hybridized carbons (Fsp3) is 0.600. The van der Waals surface area contributed by atoms with Crippen molar-refractivity contribution in [2.24, 2.45) is 5.92 Å². The van der Waals surface area contributed by atoms with Gasteiger partial charge in [0.05, 0.1) is 5.60 Å². The number of piperidine rings is 1. The number of rotatable bonds is 3. The Kier molecular flexibility index (Phi) is 2.93. The Hall–Kier alpha value is -0.860. The molecule has 2 nitrogen and oxygen atoms in total. The van der Waals surface area contributed by atoms with Crippen molar-refractivity contribution >= 4 is 0 Å². The highest BCUT2D eigenvalue weighted by atomic mass is 16.3. The number of aliphatic hydroxyl groups is 1. The Balaban J connectivity index is 1.55. The molecule has 3 rings (SSSR count). The van der Waals surface area contributed by atoms with Crippen LogP contribution in [0.5, 0.6) is 0 Å². The van der Waals surface area contributed by atoms with Gasteiger partial charge in [0.15, 0.2) is 0 Å². The molecule has 0 spiro atoms. The molecule has 1 saturated carbocycles. The van der Waals surface area contributed by atoms with E-state index in [0.717, 1.165) is 32.5 Å². The van der Waals surface area contributed by atoms with Crippen LogP contribution in [0.4, 0.5) is 0 Å². The first-order valence-electron chi connectivity index (χ1n) is 6.75. The summed E-state index contributed by atoms with van der Waals surface area (Å²) in [5, 5.41) is 10.5. The second-order valence-corrected chi connectivity index (χ2v) is 5.64. The molecule has 1 aliphatic heterocycles. The maximum Gasteiger partial charge on any atom is 0.0700 e. The van der Waals surface area contributed by atoms with Crippen molar-refractivity contribution in [3.8, 4) is 0 Å². The van der Waals surface area contributed by atoms with Gasteiger partial charge in [-0.05, 0) is 37.2 Å². The average Bonchev–Trinajstić information content (AvgIpc) is 3.18. The summed E-state index contributed by atoms with van der Waals surface area (Å²) in [4.78, 5) is 2.46. The zero-order valence-electron chi connectivity index (χ0n) is 10.3. The van der Waals surface area contributed by atoms with E-state index >= 15 is 0 Å². The molecule has 2 fully saturated rings. The summed E-state index contributed by atoms with van der Waals surface area (Å²) in [5.41, 5.74) is 1.05. The zero-order valence-corrected chi connectivity index (χ0v) is 10.3. The Morgan fingerprint density at radius 2 is 1.76 bits per heavy atom. The van der Waals surface area contributed by atoms with E-state index in [1.54, 1.807) is 0 Å².